The summed E-state index contributed by atoms with van der Waals surface area (Å²) < 4.78 is 0. The highest BCUT2D eigenvalue weighted by atomic mass is 35.5. The van der Waals surface area contributed by atoms with Crippen LogP contribution in [0.15, 0.2) is 23.1 Å². The third-order valence-electron chi connectivity index (χ3n) is 1.91. The molecule has 0 radical (unpaired) electrons. The second-order valence-electron chi connectivity index (χ2n) is 3.06. The fraction of sp³-hybridized carbons (Fsp3) is 0. The Kier molecular flexibility index (Phi) is 2.89. The predicted molar refractivity (Wildman–Crippen MR) is 62.2 cm³/mol. The van der Waals surface area contributed by atoms with E-state index in [-0.39, 0.29) is 16.0 Å². The molecular weight excluding hydrogens is 250 g/mol. The van der Waals surface area contributed by atoms with Crippen LogP contribution < -0.4 is 5.32 Å². The molecule has 0 saturated carbocycles. The number of aromatic hydroxyl groups is 1. The van der Waals surface area contributed by atoms with Crippen LogP contribution in [-0.4, -0.2) is 16.3 Å². The molecule has 1 saturated heterocycles. The van der Waals surface area contributed by atoms with E-state index in [1.165, 1.54) is 18.2 Å². The number of hydrogen-bond donors (Lipinski definition) is 2. The fourth-order valence-electron chi connectivity index (χ4n) is 1.19. The van der Waals surface area contributed by atoms with E-state index in [9.17, 15) is 14.7 Å². The molecule has 0 unspecified atom stereocenters. The standard InChI is InChI=1S/C10H6ClNO3S/c11-6-3-5(1-2-7(6)13)4-8-9(14)12-10(15)16-8/h1-4,13H,(H,12,14,15). The summed E-state index contributed by atoms with van der Waals surface area (Å²) in [6.45, 7) is 0. The largest absolute Gasteiger partial charge is 0.506 e. The van der Waals surface area contributed by atoms with Gasteiger partial charge in [0.15, 0.2) is 0 Å². The molecule has 1 heterocycles. The molecule has 2 rings (SSSR count). The second-order valence-corrected chi connectivity index (χ2v) is 4.49. The summed E-state index contributed by atoms with van der Waals surface area (Å²) in [5.74, 6) is -0.442. The minimum atomic E-state index is -0.417. The zero-order valence-electron chi connectivity index (χ0n) is 7.86. The molecule has 1 fully saturated rings. The van der Waals surface area contributed by atoms with Gasteiger partial charge in [0.05, 0.1) is 9.93 Å². The van der Waals surface area contributed by atoms with Gasteiger partial charge in [-0.1, -0.05) is 17.7 Å². The van der Waals surface area contributed by atoms with Crippen LogP contribution in [0.5, 0.6) is 5.75 Å². The van der Waals surface area contributed by atoms with Crippen LogP contribution in [0.3, 0.4) is 0 Å². The first-order valence-electron chi connectivity index (χ1n) is 4.29. The molecule has 0 aliphatic carbocycles. The third-order valence-corrected chi connectivity index (χ3v) is 3.02. The second kappa shape index (κ2) is 4.19. The molecule has 4 nitrogen and oxygen atoms in total. The van der Waals surface area contributed by atoms with E-state index >= 15 is 0 Å². The van der Waals surface area contributed by atoms with Gasteiger partial charge in [-0.05, 0) is 35.5 Å². The van der Waals surface area contributed by atoms with E-state index in [1.54, 1.807) is 6.07 Å². The molecule has 82 valence electrons. The fourth-order valence-corrected chi connectivity index (χ4v) is 2.06. The number of phenolic OH excluding ortho intramolecular Hbond substituents is 1. The lowest BCUT2D eigenvalue weighted by Gasteiger charge is -1.98. The van der Waals surface area contributed by atoms with Gasteiger partial charge in [0.1, 0.15) is 5.75 Å². The molecular formula is C10H6ClNO3S. The van der Waals surface area contributed by atoms with Gasteiger partial charge in [-0.2, -0.15) is 0 Å². The average molecular weight is 256 g/mol. The first-order chi connectivity index (χ1) is 7.56. The number of carbonyl (C=O) groups excluding carboxylic acids is 2. The Bertz CT molecular complexity index is 513. The lowest BCUT2D eigenvalue weighted by atomic mass is 10.2. The predicted octanol–water partition coefficient (Wildman–Crippen LogP) is 2.37. The number of carbonyl (C=O) groups is 2. The Morgan fingerprint density at radius 2 is 2.12 bits per heavy atom. The highest BCUT2D eigenvalue weighted by molar-refractivity contribution is 8.18. The van der Waals surface area contributed by atoms with Crippen molar-refractivity contribution in [1.82, 2.24) is 5.32 Å². The lowest BCUT2D eigenvalue weighted by Crippen LogP contribution is -2.17. The highest BCUT2D eigenvalue weighted by Gasteiger charge is 2.24. The minimum Gasteiger partial charge on any atom is -0.506 e. The van der Waals surface area contributed by atoms with Crippen LogP contribution in [0.4, 0.5) is 4.79 Å². The SMILES string of the molecule is O=C1NC(=O)C(=Cc2ccc(O)c(Cl)c2)S1. The third kappa shape index (κ3) is 2.20. The number of amides is 2. The molecule has 2 amide bonds. The molecule has 2 N–H and O–H groups in total. The quantitative estimate of drug-likeness (QED) is 0.756. The molecule has 0 spiro atoms. The van der Waals surface area contributed by atoms with E-state index < -0.39 is 5.91 Å². The maximum atomic E-state index is 11.2. The normalized spacial score (nSPS) is 17.9. The van der Waals surface area contributed by atoms with Crippen LogP contribution in [0.25, 0.3) is 6.08 Å². The molecule has 0 aromatic heterocycles. The van der Waals surface area contributed by atoms with E-state index in [0.29, 0.717) is 10.5 Å². The van der Waals surface area contributed by atoms with E-state index in [1.807, 2.05) is 0 Å². The van der Waals surface area contributed by atoms with Gasteiger partial charge in [0.2, 0.25) is 0 Å². The van der Waals surface area contributed by atoms with Crippen LogP contribution in [0.1, 0.15) is 5.56 Å². The zero-order valence-corrected chi connectivity index (χ0v) is 9.43. The molecule has 1 aromatic carbocycles. The number of nitrogens with one attached hydrogen (secondary N) is 1. The Morgan fingerprint density at radius 1 is 1.38 bits per heavy atom. The molecule has 1 aliphatic rings. The van der Waals surface area contributed by atoms with Crippen molar-refractivity contribution in [3.8, 4) is 5.75 Å². The van der Waals surface area contributed by atoms with Crippen LogP contribution in [0.2, 0.25) is 5.02 Å². The van der Waals surface area contributed by atoms with Crippen molar-refractivity contribution < 1.29 is 14.7 Å². The number of rotatable bonds is 1. The molecule has 6 heteroatoms. The summed E-state index contributed by atoms with van der Waals surface area (Å²) in [4.78, 5) is 22.4. The van der Waals surface area contributed by atoms with Crippen molar-refractivity contribution in [3.63, 3.8) is 0 Å². The van der Waals surface area contributed by atoms with Gasteiger partial charge in [-0.3, -0.25) is 14.9 Å². The van der Waals surface area contributed by atoms with Gasteiger partial charge >= 0.3 is 0 Å². The molecule has 0 atom stereocenters. The Labute approximate surface area is 100 Å². The number of halogens is 1. The Morgan fingerprint density at radius 3 is 2.69 bits per heavy atom. The molecule has 1 aliphatic heterocycles. The average Bonchev–Trinajstić information content (AvgIpc) is 2.51. The number of imide groups is 1. The van der Waals surface area contributed by atoms with Crippen molar-refractivity contribution >= 4 is 40.6 Å². The molecule has 1 aromatic rings. The van der Waals surface area contributed by atoms with Gasteiger partial charge in [-0.25, -0.2) is 0 Å². The maximum absolute atomic E-state index is 11.2. The van der Waals surface area contributed by atoms with E-state index in [0.717, 1.165) is 11.8 Å². The smallest absolute Gasteiger partial charge is 0.290 e. The van der Waals surface area contributed by atoms with Gasteiger partial charge in [0, 0.05) is 0 Å². The van der Waals surface area contributed by atoms with Gasteiger partial charge in [0.25, 0.3) is 11.1 Å². The van der Waals surface area contributed by atoms with Gasteiger partial charge in [-0.15, -0.1) is 0 Å². The number of hydrogen-bond acceptors (Lipinski definition) is 4. The number of benzene rings is 1. The first-order valence-corrected chi connectivity index (χ1v) is 5.49. The van der Waals surface area contributed by atoms with Crippen LogP contribution in [-0.2, 0) is 4.79 Å². The summed E-state index contributed by atoms with van der Waals surface area (Å²) in [5, 5.41) is 11.2. The summed E-state index contributed by atoms with van der Waals surface area (Å²) in [6.07, 6.45) is 1.54. The van der Waals surface area contributed by atoms with E-state index in [4.69, 9.17) is 11.6 Å². The molecule has 0 bridgehead atoms. The lowest BCUT2D eigenvalue weighted by molar-refractivity contribution is -0.115. The summed E-state index contributed by atoms with van der Waals surface area (Å²) in [6, 6.07) is 4.54. The van der Waals surface area contributed by atoms with E-state index in [2.05, 4.69) is 5.32 Å². The monoisotopic (exact) mass is 255 g/mol. The van der Waals surface area contributed by atoms with Gasteiger partial charge < -0.3 is 5.11 Å². The summed E-state index contributed by atoms with van der Waals surface area (Å²) in [5.41, 5.74) is 0.648. The van der Waals surface area contributed by atoms with Crippen molar-refractivity contribution in [2.24, 2.45) is 0 Å². The topological polar surface area (TPSA) is 66.4 Å². The van der Waals surface area contributed by atoms with Crippen molar-refractivity contribution in [2.45, 2.75) is 0 Å². The summed E-state index contributed by atoms with van der Waals surface area (Å²) >= 11 is 6.55. The molecule has 16 heavy (non-hydrogen) atoms. The Balaban J connectivity index is 2.32. The van der Waals surface area contributed by atoms with Crippen LogP contribution >= 0.6 is 23.4 Å². The van der Waals surface area contributed by atoms with Crippen molar-refractivity contribution in [3.05, 3.63) is 33.7 Å². The zero-order chi connectivity index (χ0) is 11.7. The van der Waals surface area contributed by atoms with Crippen LogP contribution in [0, 0.1) is 0 Å². The Hall–Kier alpha value is -1.46. The maximum Gasteiger partial charge on any atom is 0.290 e. The first kappa shape index (κ1) is 11.0. The minimum absolute atomic E-state index is 0.0246. The van der Waals surface area contributed by atoms with Crippen molar-refractivity contribution in [2.75, 3.05) is 0 Å². The number of phenols is 1. The summed E-state index contributed by atoms with van der Waals surface area (Å²) in [7, 11) is 0. The highest BCUT2D eigenvalue weighted by Crippen LogP contribution is 2.28. The van der Waals surface area contributed by atoms with Crippen molar-refractivity contribution in [1.29, 1.82) is 0 Å². The number of thioether (sulfide) groups is 1.